The molecule has 6 unspecified atom stereocenters. The van der Waals surface area contributed by atoms with Crippen molar-refractivity contribution in [2.75, 3.05) is 26.5 Å². The summed E-state index contributed by atoms with van der Waals surface area (Å²) < 4.78 is 60.1. The number of nitrogens with one attached hydrogen (secondary N) is 2. The van der Waals surface area contributed by atoms with Gasteiger partial charge in [0.1, 0.15) is 66.6 Å². The number of rotatable bonds is 29. The monoisotopic (exact) mass is 2250 g/mol. The molecule has 12 heterocycles. The molecule has 0 aliphatic rings. The second-order valence-electron chi connectivity index (χ2n) is 28.9. The topological polar surface area (TPSA) is 643 Å². The number of hydrogen-bond donors (Lipinski definition) is 11. The molecule has 5 amide bonds. The molecule has 43 nitrogen and oxygen atoms in total. The molecular weight excluding hydrogens is 2140 g/mol. The van der Waals surface area contributed by atoms with E-state index in [0.29, 0.717) is 109 Å². The number of carboxylic acids is 1. The molecule has 772 valence electrons. The van der Waals surface area contributed by atoms with Crippen molar-refractivity contribution in [3.8, 4) is 56.3 Å². The Morgan fingerprint density at radius 1 is 0.469 bits per heavy atom. The molecule has 0 fully saturated rings. The average molecular weight is 2250 g/mol. The van der Waals surface area contributed by atoms with Gasteiger partial charge in [0.05, 0.1) is 109 Å². The maximum atomic E-state index is 12.9. The number of carbonyl (C=O) groups excluding carboxylic acids is 9. The summed E-state index contributed by atoms with van der Waals surface area (Å²) in [6.07, 6.45) is 18.6. The SMILES string of the molecule is C.C.CCOC(=O)c1cn(C)nc1-c1ccoc1.CCOC(=O)c1cn(C)nc1-c1ccoc1Cl.CCOC(=O)c1cn(C)nc1I.Cl.Cn1cc(C(=O)NC(Cc2ccccc2)C(=O)C(N)=O)c(-c2ccoc2Cl)n1.Cn1cc(C(=O)NC(Cc2ccccc2)C(O)C(N)=O)c(-c2ccoc2Cl)n1.Cn1cc(C(=O)O)c(-c2ccoc2Cl)n1.NC(=O)C(O)C(N)Cc1ccccc1.OB(O)c1ccoc1.[2H]CP.[Na+].[OH-]. The molecule has 0 saturated heterocycles. The van der Waals surface area contributed by atoms with Gasteiger partial charge in [0.2, 0.25) is 38.5 Å². The Hall–Kier alpha value is -13.1. The van der Waals surface area contributed by atoms with Crippen molar-refractivity contribution in [1.29, 1.82) is 0 Å². The van der Waals surface area contributed by atoms with Crippen LogP contribution in [0.1, 0.15) is 116 Å². The van der Waals surface area contributed by atoms with Gasteiger partial charge in [0, 0.05) is 104 Å². The van der Waals surface area contributed by atoms with Crippen LogP contribution in [-0.4, -0.2) is 213 Å². The predicted octanol–water partition coefficient (Wildman–Crippen LogP) is 8.22. The van der Waals surface area contributed by atoms with Gasteiger partial charge < -0.3 is 105 Å². The number of halogens is 6. The average Bonchev–Trinajstić information content (AvgIpc) is 1.66. The molecule has 3 aromatic carbocycles. The minimum Gasteiger partial charge on any atom is -0.870 e. The van der Waals surface area contributed by atoms with Crippen LogP contribution in [0, 0.1) is 3.70 Å². The van der Waals surface area contributed by atoms with Crippen LogP contribution in [0.15, 0.2) is 241 Å². The number of ether oxygens (including phenoxy) is 3. The number of aryl methyl sites for hydroxylation is 6. The van der Waals surface area contributed by atoms with Gasteiger partial charge in [-0.15, -0.1) is 21.6 Å². The fourth-order valence-corrected chi connectivity index (χ4v) is 13.9. The number of aromatic carboxylic acids is 1. The number of nitrogens with two attached hydrogens (primary N) is 4. The van der Waals surface area contributed by atoms with Crippen molar-refractivity contribution in [2.45, 2.75) is 85.2 Å². The number of carboxylic acid groups (broad SMARTS) is 1. The van der Waals surface area contributed by atoms with E-state index in [9.17, 15) is 58.2 Å². The van der Waals surface area contributed by atoms with E-state index in [-0.39, 0.29) is 125 Å². The standard InChI is InChI=1S/C19H19ClN4O4.C19H17ClN4O4.C11H11ClN2O3.C11H12N2O3.C10H14N2O2.C9H7ClN2O3.C7H9IN2O2.C4H5BO3.CH5P.2CH4.ClH.Na.H2O/c2*1-24-10-13(15(23-24)12-7-8-28-17(12)20)19(27)22-14(16(25)18(21)26)9-11-5-3-2-4-6-11;1-3-16-11(15)8-6-14(2)13-9(8)7-4-5-17-10(7)12;1-3-16-11(14)9-6-13(2)12-10(9)8-4-5-15-7-8;11-8(9(13)10(12)14)6-7-4-2-1-3-5-7;1-12-4-6(9(13)14)7(11-12)5-2-3-15-8(5)10;1-3-12-7(11)5-4-10(2)9-6(5)8;6-5(7)4-1-2-8-3-4;1-2;;;;;/h2-8,10,14,16,25H,9H2,1H3,(H2,21,26)(H,22,27);2-8,10,14H,9H2,1H3,(H2,21,26)(H,22,27);4-6H,3H2,1-2H3;4-7H,3H2,1-2H3;1-5,8-9,13H,6,11H2,(H2,12,14);2-4H,1H3,(H,13,14);4H,3H2,1-2H3;1-3,6-7H;2H2,1H3;2*1H4;1H;;1H2/q;;;;;;;;;;;;+1;/p-1/i;;;;;;;;1D;;;;;. The number of furan rings is 6. The number of benzene rings is 3. The van der Waals surface area contributed by atoms with Crippen LogP contribution < -0.4 is 68.6 Å². The van der Waals surface area contributed by atoms with E-state index in [1.165, 1.54) is 81.0 Å². The van der Waals surface area contributed by atoms with Gasteiger partial charge in [0.15, 0.2) is 6.10 Å². The van der Waals surface area contributed by atoms with E-state index in [0.717, 1.165) is 22.3 Å². The van der Waals surface area contributed by atoms with E-state index in [1.807, 2.05) is 89.3 Å². The third-order valence-electron chi connectivity index (χ3n) is 18.7. The zero-order chi connectivity index (χ0) is 104. The number of aliphatic hydroxyl groups excluding tert-OH is 2. The summed E-state index contributed by atoms with van der Waals surface area (Å²) in [6.45, 7) is 6.76. The molecule has 52 heteroatoms. The van der Waals surface area contributed by atoms with Crippen molar-refractivity contribution in [2.24, 2.45) is 65.2 Å². The molecule has 0 aliphatic heterocycles. The first-order valence-electron chi connectivity index (χ1n) is 42.1. The van der Waals surface area contributed by atoms with Crippen LogP contribution in [0.2, 0.25) is 20.9 Å². The van der Waals surface area contributed by atoms with Crippen molar-refractivity contribution < 1.29 is 150 Å². The zero-order valence-corrected chi connectivity index (χ0v) is 87.3. The molecular formula is C93H109BCl5IN18NaO25P. The maximum Gasteiger partial charge on any atom is 1.00 e. The van der Waals surface area contributed by atoms with Crippen molar-refractivity contribution in [3.63, 3.8) is 0 Å². The van der Waals surface area contributed by atoms with Gasteiger partial charge in [0.25, 0.3) is 17.7 Å². The fraction of sp³-hybridized carbons (Fsp3) is 0.247. The fourth-order valence-electron chi connectivity index (χ4n) is 12.4. The van der Waals surface area contributed by atoms with E-state index in [2.05, 4.69) is 54.9 Å². The Morgan fingerprint density at radius 3 is 1.12 bits per heavy atom. The second-order valence-corrected chi connectivity index (χ2v) is 31.3. The molecule has 0 aliphatic carbocycles. The second kappa shape index (κ2) is 63.9. The smallest absolute Gasteiger partial charge is 0.870 e. The number of primary amides is 3. The summed E-state index contributed by atoms with van der Waals surface area (Å²) in [4.78, 5) is 117. The molecule has 0 spiro atoms. The van der Waals surface area contributed by atoms with Crippen LogP contribution in [-0.2, 0) is 94.9 Å². The van der Waals surface area contributed by atoms with E-state index in [4.69, 9.17) is 122 Å². The van der Waals surface area contributed by atoms with Gasteiger partial charge in [-0.2, -0.15) is 30.6 Å². The van der Waals surface area contributed by atoms with Crippen molar-refractivity contribution in [3.05, 3.63) is 289 Å². The number of esters is 3. The number of ketones is 1. The first-order chi connectivity index (χ1) is 67.1. The molecule has 0 bridgehead atoms. The Bertz CT molecular complexity index is 6580. The van der Waals surface area contributed by atoms with Crippen LogP contribution in [0.3, 0.4) is 0 Å². The summed E-state index contributed by atoms with van der Waals surface area (Å²) >= 11 is 25.6. The number of carbonyl (C=O) groups is 10. The Morgan fingerprint density at radius 2 is 0.793 bits per heavy atom. The van der Waals surface area contributed by atoms with Crippen molar-refractivity contribution >= 4 is 162 Å². The van der Waals surface area contributed by atoms with Crippen LogP contribution in [0.5, 0.6) is 0 Å². The number of Topliss-reactive ketones (excluding diaryl/α,β-unsaturated/α-hetero) is 1. The number of aliphatic hydroxyl groups is 2. The van der Waals surface area contributed by atoms with Gasteiger partial charge >= 0.3 is 60.6 Å². The number of nitrogens with zero attached hydrogens (tertiary/aromatic N) is 12. The van der Waals surface area contributed by atoms with Crippen LogP contribution >= 0.6 is 90.6 Å². The summed E-state index contributed by atoms with van der Waals surface area (Å²) in [6, 6.07) is 34.5. The summed E-state index contributed by atoms with van der Waals surface area (Å²) in [5.74, 6) is -6.98. The third kappa shape index (κ3) is 38.4. The molecule has 15 aromatic rings. The molecule has 12 aromatic heterocycles. The Labute approximate surface area is 897 Å². The normalized spacial score (nSPS) is 11.2. The summed E-state index contributed by atoms with van der Waals surface area (Å²) in [5, 5.41) is 76.0. The minimum atomic E-state index is -1.55. The maximum absolute atomic E-state index is 12.9. The van der Waals surface area contributed by atoms with Crippen LogP contribution in [0.4, 0.5) is 0 Å². The largest absolute Gasteiger partial charge is 1.00 e. The molecule has 0 saturated carbocycles. The molecule has 145 heavy (non-hydrogen) atoms. The van der Waals surface area contributed by atoms with Gasteiger partial charge in [-0.3, -0.25) is 56.9 Å². The molecule has 16 N–H and O–H groups in total. The first kappa shape index (κ1) is 126. The van der Waals surface area contributed by atoms with Crippen LogP contribution in [0.25, 0.3) is 56.3 Å². The predicted molar refractivity (Wildman–Crippen MR) is 548 cm³/mol. The Kier molecular flexibility index (Phi) is 55.6. The Balaban J connectivity index is 0.000000573. The molecule has 15 rings (SSSR count). The van der Waals surface area contributed by atoms with Gasteiger partial charge in [-0.05, 0) is 156 Å². The summed E-state index contributed by atoms with van der Waals surface area (Å²) in [7, 11) is 11.0. The van der Waals surface area contributed by atoms with Gasteiger partial charge in [-0.25, -0.2) is 19.2 Å². The number of amides is 5. The zero-order valence-electron chi connectivity index (χ0n) is 79.1. The number of hydrogen-bond acceptors (Lipinski definition) is 31. The quantitative estimate of drug-likeness (QED) is 0.00525. The molecule has 0 radical (unpaired) electrons. The first-order valence-corrected chi connectivity index (χ1v) is 44.8. The minimum absolute atomic E-state index is 0. The number of aromatic nitrogens is 12. The van der Waals surface area contributed by atoms with E-state index < -0.39 is 84.7 Å². The van der Waals surface area contributed by atoms with E-state index in [1.54, 1.807) is 158 Å². The third-order valence-corrected chi connectivity index (χ3v) is 20.7. The summed E-state index contributed by atoms with van der Waals surface area (Å²) in [5.41, 5.74) is 30.4. The van der Waals surface area contributed by atoms with E-state index >= 15 is 0 Å². The van der Waals surface area contributed by atoms with Crippen molar-refractivity contribution in [1.82, 2.24) is 69.3 Å². The molecule has 6 atom stereocenters. The van der Waals surface area contributed by atoms with Gasteiger partial charge in [-0.1, -0.05) is 112 Å².